The Balaban J connectivity index is 1.78. The predicted molar refractivity (Wildman–Crippen MR) is 65.5 cm³/mol. The summed E-state index contributed by atoms with van der Waals surface area (Å²) in [5.41, 5.74) is 0. The van der Waals surface area contributed by atoms with Gasteiger partial charge in [-0.2, -0.15) is 0 Å². The third-order valence-electron chi connectivity index (χ3n) is 3.28. The summed E-state index contributed by atoms with van der Waals surface area (Å²) in [5, 5.41) is 1.99. The van der Waals surface area contributed by atoms with Gasteiger partial charge in [-0.3, -0.25) is 4.79 Å². The molecule has 2 nitrogen and oxygen atoms in total. The molecule has 0 radical (unpaired) electrons. The van der Waals surface area contributed by atoms with Crippen LogP contribution in [-0.4, -0.2) is 12.1 Å². The van der Waals surface area contributed by atoms with E-state index in [1.165, 1.54) is 25.7 Å². The minimum Gasteiger partial charge on any atom is -0.462 e. The van der Waals surface area contributed by atoms with E-state index in [0.717, 1.165) is 4.88 Å². The molecule has 0 saturated heterocycles. The van der Waals surface area contributed by atoms with Gasteiger partial charge in [0, 0.05) is 4.88 Å². The van der Waals surface area contributed by atoms with E-state index < -0.39 is 0 Å². The lowest BCUT2D eigenvalue weighted by molar-refractivity contribution is -0.149. The number of rotatable bonds is 4. The van der Waals surface area contributed by atoms with Crippen molar-refractivity contribution < 1.29 is 9.53 Å². The summed E-state index contributed by atoms with van der Waals surface area (Å²) in [6, 6.07) is 3.94. The molecule has 1 unspecified atom stereocenters. The van der Waals surface area contributed by atoms with Crippen molar-refractivity contribution in [2.75, 3.05) is 0 Å². The van der Waals surface area contributed by atoms with Gasteiger partial charge in [0.2, 0.25) is 0 Å². The lowest BCUT2D eigenvalue weighted by atomic mass is 10.0. The van der Waals surface area contributed by atoms with Gasteiger partial charge in [0.15, 0.2) is 0 Å². The van der Waals surface area contributed by atoms with E-state index in [9.17, 15) is 4.79 Å². The lowest BCUT2D eigenvalue weighted by Crippen LogP contribution is -2.22. The smallest absolute Gasteiger partial charge is 0.311 e. The quantitative estimate of drug-likeness (QED) is 0.751. The van der Waals surface area contributed by atoms with Crippen molar-refractivity contribution in [3.05, 3.63) is 22.4 Å². The number of thiophene rings is 1. The van der Waals surface area contributed by atoms with E-state index in [0.29, 0.717) is 12.3 Å². The van der Waals surface area contributed by atoms with Gasteiger partial charge in [-0.15, -0.1) is 11.3 Å². The van der Waals surface area contributed by atoms with Crippen LogP contribution in [0.5, 0.6) is 0 Å². The van der Waals surface area contributed by atoms with E-state index in [1.54, 1.807) is 11.3 Å². The second-order valence-corrected chi connectivity index (χ2v) is 5.53. The first kappa shape index (κ1) is 11.6. The van der Waals surface area contributed by atoms with Gasteiger partial charge >= 0.3 is 5.97 Å². The maximum absolute atomic E-state index is 11.7. The largest absolute Gasteiger partial charge is 0.462 e. The Morgan fingerprint density at radius 3 is 2.94 bits per heavy atom. The molecule has 0 aromatic carbocycles. The molecule has 1 aromatic heterocycles. The Labute approximate surface area is 101 Å². The van der Waals surface area contributed by atoms with Gasteiger partial charge in [-0.25, -0.2) is 0 Å². The number of ether oxygens (including phenoxy) is 1. The van der Waals surface area contributed by atoms with E-state index in [2.05, 4.69) is 0 Å². The maximum Gasteiger partial charge on any atom is 0.311 e. The molecular formula is C13H18O2S. The summed E-state index contributed by atoms with van der Waals surface area (Å²) in [4.78, 5) is 12.7. The second-order valence-electron chi connectivity index (χ2n) is 4.50. The number of hydrogen-bond acceptors (Lipinski definition) is 3. The highest BCUT2D eigenvalue weighted by molar-refractivity contribution is 7.10. The van der Waals surface area contributed by atoms with Crippen LogP contribution in [-0.2, 0) is 16.0 Å². The molecule has 0 N–H and O–H groups in total. The highest BCUT2D eigenvalue weighted by Crippen LogP contribution is 2.29. The molecule has 1 aliphatic carbocycles. The van der Waals surface area contributed by atoms with Crippen molar-refractivity contribution >= 4 is 17.3 Å². The van der Waals surface area contributed by atoms with E-state index >= 15 is 0 Å². The van der Waals surface area contributed by atoms with Crippen LogP contribution in [0.1, 0.15) is 37.5 Å². The monoisotopic (exact) mass is 238 g/mol. The summed E-state index contributed by atoms with van der Waals surface area (Å²) in [6.07, 6.45) is 5.53. The molecule has 0 amide bonds. The van der Waals surface area contributed by atoms with Gasteiger partial charge in [0.25, 0.3) is 0 Å². The van der Waals surface area contributed by atoms with Crippen LogP contribution in [0.25, 0.3) is 0 Å². The number of esters is 1. The van der Waals surface area contributed by atoms with Crippen molar-refractivity contribution in [3.8, 4) is 0 Å². The van der Waals surface area contributed by atoms with Crippen LogP contribution in [0.2, 0.25) is 0 Å². The molecule has 1 aromatic rings. The highest BCUT2D eigenvalue weighted by atomic mass is 32.1. The standard InChI is InChI=1S/C13H18O2S/c1-10(11-5-2-3-6-11)15-13(14)9-12-7-4-8-16-12/h4,7-8,10-11H,2-3,5-6,9H2,1H3. The summed E-state index contributed by atoms with van der Waals surface area (Å²) >= 11 is 1.61. The Hall–Kier alpha value is -0.830. The van der Waals surface area contributed by atoms with Crippen LogP contribution >= 0.6 is 11.3 Å². The predicted octanol–water partition coefficient (Wildman–Crippen LogP) is 3.41. The Morgan fingerprint density at radius 2 is 2.31 bits per heavy atom. The maximum atomic E-state index is 11.7. The van der Waals surface area contributed by atoms with Crippen LogP contribution in [0.15, 0.2) is 17.5 Å². The van der Waals surface area contributed by atoms with E-state index in [1.807, 2.05) is 24.4 Å². The van der Waals surface area contributed by atoms with Gasteiger partial charge in [0.05, 0.1) is 6.42 Å². The zero-order valence-electron chi connectivity index (χ0n) is 9.65. The van der Waals surface area contributed by atoms with Crippen molar-refractivity contribution in [2.45, 2.75) is 45.1 Å². The number of hydrogen-bond donors (Lipinski definition) is 0. The average Bonchev–Trinajstić information content (AvgIpc) is 2.88. The highest BCUT2D eigenvalue weighted by Gasteiger charge is 2.24. The van der Waals surface area contributed by atoms with E-state index in [4.69, 9.17) is 4.74 Å². The van der Waals surface area contributed by atoms with Crippen molar-refractivity contribution in [3.63, 3.8) is 0 Å². The molecule has 0 spiro atoms. The van der Waals surface area contributed by atoms with Crippen molar-refractivity contribution in [1.82, 2.24) is 0 Å². The summed E-state index contributed by atoms with van der Waals surface area (Å²) in [7, 11) is 0. The molecule has 1 atom stereocenters. The van der Waals surface area contributed by atoms with Crippen LogP contribution in [0.3, 0.4) is 0 Å². The molecule has 88 valence electrons. The second kappa shape index (κ2) is 5.48. The van der Waals surface area contributed by atoms with Crippen molar-refractivity contribution in [2.24, 2.45) is 5.92 Å². The first-order valence-electron chi connectivity index (χ1n) is 5.97. The molecule has 0 bridgehead atoms. The molecule has 1 saturated carbocycles. The lowest BCUT2D eigenvalue weighted by Gasteiger charge is -2.19. The molecule has 1 aliphatic rings. The molecule has 1 fully saturated rings. The fourth-order valence-electron chi connectivity index (χ4n) is 2.33. The summed E-state index contributed by atoms with van der Waals surface area (Å²) in [5.74, 6) is 0.508. The van der Waals surface area contributed by atoms with Crippen molar-refractivity contribution in [1.29, 1.82) is 0 Å². The topological polar surface area (TPSA) is 26.3 Å². The SMILES string of the molecule is CC(OC(=O)Cc1cccs1)C1CCCC1. The van der Waals surface area contributed by atoms with E-state index in [-0.39, 0.29) is 12.1 Å². The Morgan fingerprint density at radius 1 is 1.56 bits per heavy atom. The zero-order valence-corrected chi connectivity index (χ0v) is 10.5. The number of carbonyl (C=O) groups excluding carboxylic acids is 1. The van der Waals surface area contributed by atoms with Gasteiger partial charge in [-0.1, -0.05) is 18.9 Å². The summed E-state index contributed by atoms with van der Waals surface area (Å²) < 4.78 is 5.48. The first-order valence-corrected chi connectivity index (χ1v) is 6.85. The van der Waals surface area contributed by atoms with Gasteiger partial charge < -0.3 is 4.74 Å². The minimum absolute atomic E-state index is 0.0816. The van der Waals surface area contributed by atoms with Gasteiger partial charge in [-0.05, 0) is 37.1 Å². The third-order valence-corrected chi connectivity index (χ3v) is 4.16. The number of carbonyl (C=O) groups is 1. The fraction of sp³-hybridized carbons (Fsp3) is 0.615. The first-order chi connectivity index (χ1) is 7.75. The summed E-state index contributed by atoms with van der Waals surface area (Å²) in [6.45, 7) is 2.03. The van der Waals surface area contributed by atoms with Crippen LogP contribution in [0, 0.1) is 5.92 Å². The molecule has 3 heteroatoms. The molecule has 16 heavy (non-hydrogen) atoms. The normalized spacial score (nSPS) is 18.6. The zero-order chi connectivity index (χ0) is 11.4. The fourth-order valence-corrected chi connectivity index (χ4v) is 3.02. The third kappa shape index (κ3) is 3.08. The Kier molecular flexibility index (Phi) is 3.99. The van der Waals surface area contributed by atoms with Crippen LogP contribution < -0.4 is 0 Å². The van der Waals surface area contributed by atoms with Gasteiger partial charge in [0.1, 0.15) is 6.10 Å². The average molecular weight is 238 g/mol. The molecule has 0 aliphatic heterocycles. The molecular weight excluding hydrogens is 220 g/mol. The molecule has 2 rings (SSSR count). The minimum atomic E-state index is -0.0816. The molecule has 1 heterocycles. The Bertz CT molecular complexity index is 326. The van der Waals surface area contributed by atoms with Crippen LogP contribution in [0.4, 0.5) is 0 Å².